The van der Waals surface area contributed by atoms with E-state index in [1.54, 1.807) is 13.4 Å². The van der Waals surface area contributed by atoms with Crippen LogP contribution in [0.1, 0.15) is 54.5 Å². The molecule has 1 saturated carbocycles. The van der Waals surface area contributed by atoms with Gasteiger partial charge in [0.1, 0.15) is 0 Å². The lowest BCUT2D eigenvalue weighted by molar-refractivity contribution is -0.126. The molecule has 0 unspecified atom stereocenters. The summed E-state index contributed by atoms with van der Waals surface area (Å²) in [6, 6.07) is 0. The van der Waals surface area contributed by atoms with Crippen LogP contribution in [0.5, 0.6) is 0 Å². The molecule has 5 atom stereocenters. The second-order valence-electron chi connectivity index (χ2n) is 6.49. The number of ether oxygens (including phenoxy) is 1. The van der Waals surface area contributed by atoms with E-state index in [0.717, 1.165) is 11.1 Å². The number of aliphatic hydroxyl groups is 1. The molecule has 4 nitrogen and oxygen atoms in total. The van der Waals surface area contributed by atoms with Crippen LogP contribution in [0.25, 0.3) is 0 Å². The average molecular weight is 278 g/mol. The summed E-state index contributed by atoms with van der Waals surface area (Å²) in [7, 11) is 1.67. The minimum Gasteiger partial charge on any atom is -0.461 e. The van der Waals surface area contributed by atoms with E-state index in [2.05, 4.69) is 6.92 Å². The van der Waals surface area contributed by atoms with Gasteiger partial charge in [0, 0.05) is 24.0 Å². The highest BCUT2D eigenvalue weighted by Gasteiger charge is 2.58. The lowest BCUT2D eigenvalue weighted by atomic mass is 9.53. The van der Waals surface area contributed by atoms with Crippen molar-refractivity contribution in [2.24, 2.45) is 17.3 Å². The topological polar surface area (TPSA) is 59.7 Å². The first-order valence-electron chi connectivity index (χ1n) is 7.26. The third kappa shape index (κ3) is 1.52. The number of hydrogen-bond donors (Lipinski definition) is 1. The van der Waals surface area contributed by atoms with E-state index in [4.69, 9.17) is 9.15 Å². The Morgan fingerprint density at radius 3 is 2.80 bits per heavy atom. The quantitative estimate of drug-likeness (QED) is 0.858. The molecule has 3 rings (SSSR count). The number of carbonyl (C=O) groups is 1. The second kappa shape index (κ2) is 4.43. The van der Waals surface area contributed by atoms with Gasteiger partial charge < -0.3 is 14.3 Å². The fourth-order valence-electron chi connectivity index (χ4n) is 4.28. The molecule has 0 bridgehead atoms. The van der Waals surface area contributed by atoms with Crippen molar-refractivity contribution in [3.8, 4) is 0 Å². The number of carbonyl (C=O) groups excluding carboxylic acids is 1. The highest BCUT2D eigenvalue weighted by atomic mass is 16.5. The number of furan rings is 1. The van der Waals surface area contributed by atoms with Crippen molar-refractivity contribution in [1.82, 2.24) is 0 Å². The Morgan fingerprint density at radius 1 is 1.45 bits per heavy atom. The van der Waals surface area contributed by atoms with Gasteiger partial charge in [-0.25, -0.2) is 0 Å². The van der Waals surface area contributed by atoms with E-state index < -0.39 is 0 Å². The number of fused-ring (bicyclic) bond motifs is 2. The van der Waals surface area contributed by atoms with Crippen LogP contribution in [0.15, 0.2) is 10.7 Å². The average Bonchev–Trinajstić information content (AvgIpc) is 2.79. The van der Waals surface area contributed by atoms with Crippen LogP contribution in [-0.4, -0.2) is 24.1 Å². The van der Waals surface area contributed by atoms with Crippen molar-refractivity contribution in [3.05, 3.63) is 23.2 Å². The summed E-state index contributed by atoms with van der Waals surface area (Å²) in [5.41, 5.74) is 1.44. The lowest BCUT2D eigenvalue weighted by Gasteiger charge is -2.53. The van der Waals surface area contributed by atoms with Gasteiger partial charge in [-0.15, -0.1) is 0 Å². The minimum atomic E-state index is -0.384. The predicted molar refractivity (Wildman–Crippen MR) is 73.5 cm³/mol. The maximum absolute atomic E-state index is 12.8. The van der Waals surface area contributed by atoms with Crippen molar-refractivity contribution >= 4 is 5.78 Å². The van der Waals surface area contributed by atoms with Crippen molar-refractivity contribution < 1.29 is 19.1 Å². The molecule has 1 N–H and O–H groups in total. The molecule has 0 amide bonds. The third-order valence-electron chi connectivity index (χ3n) is 5.69. The first-order valence-corrected chi connectivity index (χ1v) is 7.26. The van der Waals surface area contributed by atoms with E-state index in [1.807, 2.05) is 13.8 Å². The predicted octanol–water partition coefficient (Wildman–Crippen LogP) is 2.89. The van der Waals surface area contributed by atoms with Gasteiger partial charge in [-0.05, 0) is 31.2 Å². The van der Waals surface area contributed by atoms with Gasteiger partial charge in [0.15, 0.2) is 5.76 Å². The van der Waals surface area contributed by atoms with Crippen LogP contribution in [-0.2, 0) is 4.74 Å². The summed E-state index contributed by atoms with van der Waals surface area (Å²) in [5, 5.41) is 10.3. The maximum Gasteiger partial charge on any atom is 0.202 e. The molecule has 0 aromatic carbocycles. The molecular weight excluding hydrogens is 256 g/mol. The van der Waals surface area contributed by atoms with Gasteiger partial charge in [-0.3, -0.25) is 4.79 Å². The summed E-state index contributed by atoms with van der Waals surface area (Å²) in [4.78, 5) is 12.8. The summed E-state index contributed by atoms with van der Waals surface area (Å²) in [5.74, 6) is 0.407. The Kier molecular flexibility index (Phi) is 3.07. The zero-order valence-corrected chi connectivity index (χ0v) is 12.5. The Hall–Kier alpha value is -1.13. The number of aliphatic hydroxyl groups excluding tert-OH is 1. The fraction of sp³-hybridized carbons (Fsp3) is 0.688. The zero-order chi connectivity index (χ0) is 14.7. The summed E-state index contributed by atoms with van der Waals surface area (Å²) >= 11 is 0. The fourth-order valence-corrected chi connectivity index (χ4v) is 4.28. The van der Waals surface area contributed by atoms with Crippen molar-refractivity contribution in [2.45, 2.75) is 45.8 Å². The van der Waals surface area contributed by atoms with Crippen LogP contribution >= 0.6 is 0 Å². The van der Waals surface area contributed by atoms with Gasteiger partial charge in [0.25, 0.3) is 0 Å². The smallest absolute Gasteiger partial charge is 0.202 e. The van der Waals surface area contributed by atoms with Crippen LogP contribution in [0.2, 0.25) is 0 Å². The molecular formula is C16H22O4. The summed E-state index contributed by atoms with van der Waals surface area (Å²) in [6.07, 6.45) is 2.41. The standard InChI is InChI=1S/C16H22O4/c1-8-7-20-14-12(8)15(19-4)16(3)9(2)11(17)6-5-10(16)13(14)18/h7,9-11,15,17H,5-6H2,1-4H3/t9-,10-,11-,15+,16+/m0/s1. The van der Waals surface area contributed by atoms with Gasteiger partial charge in [0.05, 0.1) is 18.5 Å². The molecule has 4 heteroatoms. The maximum atomic E-state index is 12.8. The third-order valence-corrected chi connectivity index (χ3v) is 5.69. The SMILES string of the molecule is CO[C@@H]1c2c(C)coc2C(=O)[C@@H]2CC[C@H](O)[C@H](C)[C@@]12C. The number of Topliss-reactive ketones (excluding diaryl/α,β-unsaturated/α-hetero) is 1. The lowest BCUT2D eigenvalue weighted by Crippen LogP contribution is -2.54. The zero-order valence-electron chi connectivity index (χ0n) is 12.5. The van der Waals surface area contributed by atoms with Crippen LogP contribution in [0.4, 0.5) is 0 Å². The molecule has 20 heavy (non-hydrogen) atoms. The number of methoxy groups -OCH3 is 1. The molecule has 0 radical (unpaired) electrons. The number of hydrogen-bond acceptors (Lipinski definition) is 4. The first-order chi connectivity index (χ1) is 9.42. The number of rotatable bonds is 1. The van der Waals surface area contributed by atoms with Crippen LogP contribution in [0, 0.1) is 24.2 Å². The van der Waals surface area contributed by atoms with Crippen LogP contribution in [0.3, 0.4) is 0 Å². The summed E-state index contributed by atoms with van der Waals surface area (Å²) in [6.45, 7) is 6.04. The summed E-state index contributed by atoms with van der Waals surface area (Å²) < 4.78 is 11.3. The minimum absolute atomic E-state index is 0.0117. The molecule has 0 saturated heterocycles. The molecule has 110 valence electrons. The molecule has 1 heterocycles. The highest BCUT2D eigenvalue weighted by molar-refractivity contribution is 5.99. The normalized spacial score (nSPS) is 40.4. The number of ketones is 1. The monoisotopic (exact) mass is 278 g/mol. The Bertz CT molecular complexity index is 547. The Morgan fingerprint density at radius 2 is 2.15 bits per heavy atom. The first kappa shape index (κ1) is 13.8. The molecule has 2 aliphatic carbocycles. The number of aryl methyl sites for hydroxylation is 1. The van der Waals surface area contributed by atoms with Crippen molar-refractivity contribution in [3.63, 3.8) is 0 Å². The van der Waals surface area contributed by atoms with Gasteiger partial charge >= 0.3 is 0 Å². The van der Waals surface area contributed by atoms with Crippen molar-refractivity contribution in [2.75, 3.05) is 7.11 Å². The van der Waals surface area contributed by atoms with Gasteiger partial charge in [-0.1, -0.05) is 13.8 Å². The molecule has 0 spiro atoms. The Labute approximate surface area is 119 Å². The molecule has 0 aliphatic heterocycles. The van der Waals surface area contributed by atoms with E-state index in [1.165, 1.54) is 0 Å². The van der Waals surface area contributed by atoms with Gasteiger partial charge in [-0.2, -0.15) is 0 Å². The van der Waals surface area contributed by atoms with E-state index in [0.29, 0.717) is 18.6 Å². The Balaban J connectivity index is 2.21. The second-order valence-corrected chi connectivity index (χ2v) is 6.49. The van der Waals surface area contributed by atoms with E-state index >= 15 is 0 Å². The van der Waals surface area contributed by atoms with Gasteiger partial charge in [0.2, 0.25) is 5.78 Å². The van der Waals surface area contributed by atoms with Crippen molar-refractivity contribution in [1.29, 1.82) is 0 Å². The molecule has 1 aromatic heterocycles. The highest BCUT2D eigenvalue weighted by Crippen LogP contribution is 2.59. The van der Waals surface area contributed by atoms with E-state index in [9.17, 15) is 9.90 Å². The van der Waals surface area contributed by atoms with Crippen LogP contribution < -0.4 is 0 Å². The largest absolute Gasteiger partial charge is 0.461 e. The van der Waals surface area contributed by atoms with E-state index in [-0.39, 0.29) is 35.2 Å². The molecule has 1 aromatic rings. The molecule has 1 fully saturated rings. The molecule has 2 aliphatic rings.